The molecule has 0 saturated carbocycles. The minimum Gasteiger partial charge on any atom is -0.477 e. The molecule has 0 fully saturated rings. The third kappa shape index (κ3) is 3.55. The van der Waals surface area contributed by atoms with Gasteiger partial charge in [-0.05, 0) is 66.4 Å². The van der Waals surface area contributed by atoms with E-state index >= 15 is 0 Å². The van der Waals surface area contributed by atoms with Gasteiger partial charge in [0.1, 0.15) is 11.6 Å². The maximum atomic E-state index is 11.0. The predicted octanol–water partition coefficient (Wildman–Crippen LogP) is 5.49. The summed E-state index contributed by atoms with van der Waals surface area (Å²) in [5.41, 5.74) is 4.64. The molecule has 1 aliphatic rings. The molecule has 2 heterocycles. The SMILES string of the molecule is N#CC(=Cc1ccc(-c2ccc3c(c2)CCCN3c2ccccc2)s1)C(=O)O. The number of aliphatic carboxylic acids is 1. The van der Waals surface area contributed by atoms with Crippen LogP contribution < -0.4 is 4.90 Å². The van der Waals surface area contributed by atoms with Crippen molar-refractivity contribution in [3.8, 4) is 16.5 Å². The van der Waals surface area contributed by atoms with Crippen molar-refractivity contribution in [2.24, 2.45) is 0 Å². The summed E-state index contributed by atoms with van der Waals surface area (Å²) in [5, 5.41) is 18.0. The second-order valence-electron chi connectivity index (χ2n) is 6.61. The van der Waals surface area contributed by atoms with Crippen LogP contribution >= 0.6 is 11.3 Å². The van der Waals surface area contributed by atoms with Crippen molar-refractivity contribution in [3.63, 3.8) is 0 Å². The van der Waals surface area contributed by atoms with Crippen molar-refractivity contribution in [1.29, 1.82) is 5.26 Å². The number of carboxylic acids is 1. The molecule has 138 valence electrons. The lowest BCUT2D eigenvalue weighted by atomic mass is 9.98. The van der Waals surface area contributed by atoms with Crippen LogP contribution in [0.15, 0.2) is 66.2 Å². The molecule has 1 aliphatic heterocycles. The van der Waals surface area contributed by atoms with Crippen LogP contribution in [0.25, 0.3) is 16.5 Å². The van der Waals surface area contributed by atoms with Crippen LogP contribution in [-0.4, -0.2) is 17.6 Å². The lowest BCUT2D eigenvalue weighted by Gasteiger charge is -2.31. The Hall–Kier alpha value is -3.36. The van der Waals surface area contributed by atoms with E-state index in [1.165, 1.54) is 34.4 Å². The maximum Gasteiger partial charge on any atom is 0.346 e. The zero-order valence-electron chi connectivity index (χ0n) is 15.1. The lowest BCUT2D eigenvalue weighted by molar-refractivity contribution is -0.132. The largest absolute Gasteiger partial charge is 0.477 e. The smallest absolute Gasteiger partial charge is 0.346 e. The fourth-order valence-corrected chi connectivity index (χ4v) is 4.44. The summed E-state index contributed by atoms with van der Waals surface area (Å²) in [5.74, 6) is -1.20. The van der Waals surface area contributed by atoms with Crippen molar-refractivity contribution in [2.45, 2.75) is 12.8 Å². The summed E-state index contributed by atoms with van der Waals surface area (Å²) in [6.07, 6.45) is 3.57. The third-order valence-electron chi connectivity index (χ3n) is 4.81. The normalized spacial score (nSPS) is 13.7. The number of carboxylic acid groups (broad SMARTS) is 1. The van der Waals surface area contributed by atoms with Crippen molar-refractivity contribution in [3.05, 3.63) is 76.7 Å². The molecule has 4 nitrogen and oxygen atoms in total. The van der Waals surface area contributed by atoms with Gasteiger partial charge in [-0.1, -0.05) is 24.3 Å². The molecule has 3 aromatic rings. The topological polar surface area (TPSA) is 64.3 Å². The van der Waals surface area contributed by atoms with Crippen LogP contribution in [-0.2, 0) is 11.2 Å². The summed E-state index contributed by atoms with van der Waals surface area (Å²) in [6, 6.07) is 22.5. The van der Waals surface area contributed by atoms with E-state index < -0.39 is 5.97 Å². The predicted molar refractivity (Wildman–Crippen MR) is 113 cm³/mol. The molecule has 28 heavy (non-hydrogen) atoms. The van der Waals surface area contributed by atoms with Crippen LogP contribution in [0.5, 0.6) is 0 Å². The zero-order chi connectivity index (χ0) is 19.5. The number of carbonyl (C=O) groups is 1. The minimum absolute atomic E-state index is 0.252. The van der Waals surface area contributed by atoms with Gasteiger partial charge >= 0.3 is 5.97 Å². The monoisotopic (exact) mass is 386 g/mol. The molecule has 0 spiro atoms. The van der Waals surface area contributed by atoms with Crippen molar-refractivity contribution in [1.82, 2.24) is 0 Å². The summed E-state index contributed by atoms with van der Waals surface area (Å²) in [7, 11) is 0. The van der Waals surface area contributed by atoms with Gasteiger partial charge in [-0.2, -0.15) is 5.26 Å². The van der Waals surface area contributed by atoms with Crippen LogP contribution in [0.3, 0.4) is 0 Å². The number of anilines is 2. The molecular formula is C23H18N2O2S. The summed E-state index contributed by atoms with van der Waals surface area (Å²) < 4.78 is 0. The Bertz CT molecular complexity index is 1090. The van der Waals surface area contributed by atoms with Crippen molar-refractivity contribution >= 4 is 34.8 Å². The first-order valence-corrected chi connectivity index (χ1v) is 9.88. The molecule has 2 aromatic carbocycles. The number of aryl methyl sites for hydroxylation is 1. The number of thiophene rings is 1. The van der Waals surface area contributed by atoms with Gasteiger partial charge in [-0.15, -0.1) is 11.3 Å². The first kappa shape index (κ1) is 18.0. The average molecular weight is 386 g/mol. The molecule has 0 unspecified atom stereocenters. The van der Waals surface area contributed by atoms with Gasteiger partial charge in [-0.25, -0.2) is 4.79 Å². The fourth-order valence-electron chi connectivity index (χ4n) is 3.50. The van der Waals surface area contributed by atoms with Crippen LogP contribution in [0.4, 0.5) is 11.4 Å². The molecule has 1 N–H and O–H groups in total. The Morgan fingerprint density at radius 2 is 1.96 bits per heavy atom. The summed E-state index contributed by atoms with van der Waals surface area (Å²) >= 11 is 1.49. The highest BCUT2D eigenvalue weighted by Gasteiger charge is 2.19. The molecule has 0 atom stereocenters. The van der Waals surface area contributed by atoms with E-state index in [0.717, 1.165) is 34.7 Å². The van der Waals surface area contributed by atoms with E-state index in [4.69, 9.17) is 10.4 Å². The highest BCUT2D eigenvalue weighted by Crippen LogP contribution is 2.37. The highest BCUT2D eigenvalue weighted by atomic mass is 32.1. The van der Waals surface area contributed by atoms with Gasteiger partial charge in [0.25, 0.3) is 0 Å². The Morgan fingerprint density at radius 3 is 2.71 bits per heavy atom. The first-order chi connectivity index (χ1) is 13.7. The van der Waals surface area contributed by atoms with Gasteiger partial charge < -0.3 is 10.0 Å². The van der Waals surface area contributed by atoms with Crippen LogP contribution in [0, 0.1) is 11.3 Å². The number of benzene rings is 2. The van der Waals surface area contributed by atoms with Gasteiger partial charge in [0.15, 0.2) is 0 Å². The molecule has 1 aromatic heterocycles. The Morgan fingerprint density at radius 1 is 1.14 bits per heavy atom. The number of hydrogen-bond acceptors (Lipinski definition) is 4. The molecule has 0 radical (unpaired) electrons. The van der Waals surface area contributed by atoms with E-state index in [2.05, 4.69) is 47.4 Å². The van der Waals surface area contributed by atoms with Gasteiger partial charge in [0.05, 0.1) is 0 Å². The molecule has 5 heteroatoms. The Kier molecular flexibility index (Phi) is 4.96. The number of para-hydroxylation sites is 1. The Labute approximate surface area is 167 Å². The van der Waals surface area contributed by atoms with Gasteiger partial charge in [-0.3, -0.25) is 0 Å². The number of nitriles is 1. The highest BCUT2D eigenvalue weighted by molar-refractivity contribution is 7.16. The van der Waals surface area contributed by atoms with E-state index in [1.807, 2.05) is 18.2 Å². The van der Waals surface area contributed by atoms with Crippen molar-refractivity contribution in [2.75, 3.05) is 11.4 Å². The van der Waals surface area contributed by atoms with E-state index in [0.29, 0.717) is 0 Å². The summed E-state index contributed by atoms with van der Waals surface area (Å²) in [6.45, 7) is 1.01. The lowest BCUT2D eigenvalue weighted by Crippen LogP contribution is -2.24. The third-order valence-corrected chi connectivity index (χ3v) is 5.90. The fraction of sp³-hybridized carbons (Fsp3) is 0.130. The van der Waals surface area contributed by atoms with Crippen LogP contribution in [0.2, 0.25) is 0 Å². The molecule has 0 amide bonds. The first-order valence-electron chi connectivity index (χ1n) is 9.06. The summed E-state index contributed by atoms with van der Waals surface area (Å²) in [4.78, 5) is 15.2. The van der Waals surface area contributed by atoms with Gasteiger partial charge in [0, 0.05) is 27.7 Å². The number of rotatable bonds is 4. The van der Waals surface area contributed by atoms with Crippen LogP contribution in [0.1, 0.15) is 16.9 Å². The molecule has 0 aliphatic carbocycles. The van der Waals surface area contributed by atoms with Gasteiger partial charge in [0.2, 0.25) is 0 Å². The zero-order valence-corrected chi connectivity index (χ0v) is 15.9. The number of nitrogens with zero attached hydrogens (tertiary/aromatic N) is 2. The Balaban J connectivity index is 1.65. The van der Waals surface area contributed by atoms with Crippen molar-refractivity contribution < 1.29 is 9.90 Å². The quantitative estimate of drug-likeness (QED) is 0.476. The van der Waals surface area contributed by atoms with E-state index in [1.54, 1.807) is 6.07 Å². The second kappa shape index (κ2) is 7.71. The molecule has 0 saturated heterocycles. The average Bonchev–Trinajstić information content (AvgIpc) is 3.20. The number of fused-ring (bicyclic) bond motifs is 1. The minimum atomic E-state index is -1.20. The molecular weight excluding hydrogens is 368 g/mol. The molecule has 0 bridgehead atoms. The van der Waals surface area contributed by atoms with E-state index in [-0.39, 0.29) is 5.57 Å². The second-order valence-corrected chi connectivity index (χ2v) is 7.73. The molecule has 4 rings (SSSR count). The maximum absolute atomic E-state index is 11.0. The number of hydrogen-bond donors (Lipinski definition) is 1. The van der Waals surface area contributed by atoms with E-state index in [9.17, 15) is 4.79 Å². The standard InChI is InChI=1S/C23H18N2O2S/c24-15-18(23(26)27)14-20-9-11-22(28-20)17-8-10-21-16(13-17)5-4-12-25(21)19-6-2-1-3-7-19/h1-3,6-11,13-14H,4-5,12H2,(H,26,27).